The largest absolute Gasteiger partial charge is 0.391 e. The van der Waals surface area contributed by atoms with E-state index < -0.39 is 30.0 Å². The Labute approximate surface area is 93.2 Å². The average molecular weight is 231 g/mol. The van der Waals surface area contributed by atoms with Crippen LogP contribution in [0.3, 0.4) is 0 Å². The number of rotatable bonds is 7. The Hall–Kier alpha value is -1.47. The molecule has 16 heavy (non-hydrogen) atoms. The van der Waals surface area contributed by atoms with E-state index in [1.165, 1.54) is 6.92 Å². The highest BCUT2D eigenvalue weighted by Crippen LogP contribution is 1.96. The van der Waals surface area contributed by atoms with Crippen LogP contribution in [0.1, 0.15) is 19.8 Å². The number of amides is 2. The topological polar surface area (TPSA) is 136 Å². The summed E-state index contributed by atoms with van der Waals surface area (Å²) >= 11 is 0. The van der Waals surface area contributed by atoms with Gasteiger partial charge >= 0.3 is 0 Å². The van der Waals surface area contributed by atoms with Gasteiger partial charge in [-0.25, -0.2) is 0 Å². The number of nitrogens with one attached hydrogen (secondary N) is 1. The Bertz CT molecular complexity index is 267. The predicted octanol–water partition coefficient (Wildman–Crippen LogP) is -2.36. The van der Waals surface area contributed by atoms with Crippen LogP contribution in [0.2, 0.25) is 0 Å². The van der Waals surface area contributed by atoms with Crippen molar-refractivity contribution in [2.45, 2.75) is 38.0 Å². The van der Waals surface area contributed by atoms with Crippen LogP contribution in [-0.4, -0.2) is 41.4 Å². The summed E-state index contributed by atoms with van der Waals surface area (Å²) in [5.74, 6) is -1.20. The Morgan fingerprint density at radius 1 is 1.50 bits per heavy atom. The second kappa shape index (κ2) is 6.91. The van der Waals surface area contributed by atoms with E-state index in [0.29, 0.717) is 6.29 Å². The van der Waals surface area contributed by atoms with Crippen LogP contribution in [0, 0.1) is 0 Å². The molecule has 0 heterocycles. The minimum Gasteiger partial charge on any atom is -0.391 e. The van der Waals surface area contributed by atoms with Crippen molar-refractivity contribution in [2.75, 3.05) is 0 Å². The van der Waals surface area contributed by atoms with Crippen LogP contribution in [0.25, 0.3) is 0 Å². The number of hydrogen-bond donors (Lipinski definition) is 4. The number of hydrogen-bond acceptors (Lipinski definition) is 5. The Morgan fingerprint density at radius 2 is 2.06 bits per heavy atom. The number of primary amides is 1. The zero-order valence-electron chi connectivity index (χ0n) is 9.05. The zero-order chi connectivity index (χ0) is 12.7. The summed E-state index contributed by atoms with van der Waals surface area (Å²) in [6.45, 7) is 1.36. The lowest BCUT2D eigenvalue weighted by Crippen LogP contribution is -2.50. The van der Waals surface area contributed by atoms with Crippen molar-refractivity contribution < 1.29 is 19.5 Å². The average Bonchev–Trinajstić information content (AvgIpc) is 2.22. The molecule has 0 spiro atoms. The number of carbonyl (C=O) groups excluding carboxylic acids is 3. The van der Waals surface area contributed by atoms with Gasteiger partial charge in [-0.05, 0) is 13.3 Å². The molecule has 3 atom stereocenters. The van der Waals surface area contributed by atoms with E-state index in [4.69, 9.17) is 16.6 Å². The second-order valence-corrected chi connectivity index (χ2v) is 3.52. The van der Waals surface area contributed by atoms with Crippen LogP contribution in [0.4, 0.5) is 0 Å². The summed E-state index contributed by atoms with van der Waals surface area (Å²) < 4.78 is 0. The van der Waals surface area contributed by atoms with E-state index in [-0.39, 0.29) is 12.8 Å². The second-order valence-electron chi connectivity index (χ2n) is 3.52. The SMILES string of the molecule is CC(O)C(N)C(=O)N[C@H](C=O)CCC(N)=O. The molecule has 7 heteroatoms. The molecule has 92 valence electrons. The van der Waals surface area contributed by atoms with Crippen LogP contribution < -0.4 is 16.8 Å². The third-order valence-electron chi connectivity index (χ3n) is 2.02. The van der Waals surface area contributed by atoms with Crippen molar-refractivity contribution >= 4 is 18.1 Å². The maximum absolute atomic E-state index is 11.3. The first kappa shape index (κ1) is 14.5. The van der Waals surface area contributed by atoms with Gasteiger partial charge in [-0.1, -0.05) is 0 Å². The summed E-state index contributed by atoms with van der Waals surface area (Å²) in [5.41, 5.74) is 10.3. The van der Waals surface area contributed by atoms with Gasteiger partial charge in [0.25, 0.3) is 0 Å². The molecular formula is C9H17N3O4. The highest BCUT2D eigenvalue weighted by molar-refractivity contribution is 5.85. The fraction of sp³-hybridized carbons (Fsp3) is 0.667. The summed E-state index contributed by atoms with van der Waals surface area (Å²) in [6, 6.07) is -1.92. The van der Waals surface area contributed by atoms with Gasteiger partial charge in [-0.2, -0.15) is 0 Å². The fourth-order valence-corrected chi connectivity index (χ4v) is 0.970. The predicted molar refractivity (Wildman–Crippen MR) is 56.1 cm³/mol. The summed E-state index contributed by atoms with van der Waals surface area (Å²) in [7, 11) is 0. The molecule has 0 radical (unpaired) electrons. The molecular weight excluding hydrogens is 214 g/mol. The third kappa shape index (κ3) is 5.42. The first-order valence-electron chi connectivity index (χ1n) is 4.86. The standard InChI is InChI=1S/C9H17N3O4/c1-5(14)8(11)9(16)12-6(4-13)2-3-7(10)15/h4-6,8,14H,2-3,11H2,1H3,(H2,10,15)(H,12,16)/t5?,6-,8?/m0/s1. The molecule has 7 nitrogen and oxygen atoms in total. The number of aldehydes is 1. The maximum atomic E-state index is 11.3. The van der Waals surface area contributed by atoms with E-state index in [1.54, 1.807) is 0 Å². The summed E-state index contributed by atoms with van der Waals surface area (Å²) in [5, 5.41) is 11.4. The van der Waals surface area contributed by atoms with Crippen molar-refractivity contribution in [1.29, 1.82) is 0 Å². The first-order valence-corrected chi connectivity index (χ1v) is 4.86. The molecule has 0 aromatic rings. The van der Waals surface area contributed by atoms with Crippen molar-refractivity contribution in [3.05, 3.63) is 0 Å². The Morgan fingerprint density at radius 3 is 2.44 bits per heavy atom. The number of carbonyl (C=O) groups is 3. The van der Waals surface area contributed by atoms with Gasteiger partial charge in [-0.15, -0.1) is 0 Å². The maximum Gasteiger partial charge on any atom is 0.240 e. The number of aliphatic hydroxyl groups excluding tert-OH is 1. The molecule has 0 rings (SSSR count). The van der Waals surface area contributed by atoms with Gasteiger partial charge in [0.05, 0.1) is 12.1 Å². The first-order chi connectivity index (χ1) is 7.38. The monoisotopic (exact) mass is 231 g/mol. The van der Waals surface area contributed by atoms with Gasteiger partial charge in [0.2, 0.25) is 11.8 Å². The molecule has 0 fully saturated rings. The lowest BCUT2D eigenvalue weighted by molar-refractivity contribution is -0.127. The smallest absolute Gasteiger partial charge is 0.240 e. The summed E-state index contributed by atoms with van der Waals surface area (Å²) in [6.07, 6.45) is -0.399. The van der Waals surface area contributed by atoms with Crippen LogP contribution in [-0.2, 0) is 14.4 Å². The third-order valence-corrected chi connectivity index (χ3v) is 2.02. The lowest BCUT2D eigenvalue weighted by atomic mass is 10.1. The van der Waals surface area contributed by atoms with Gasteiger partial charge in [0.1, 0.15) is 12.3 Å². The van der Waals surface area contributed by atoms with E-state index in [2.05, 4.69) is 5.32 Å². The molecule has 2 amide bonds. The van der Waals surface area contributed by atoms with E-state index in [0.717, 1.165) is 0 Å². The minimum absolute atomic E-state index is 0.00635. The van der Waals surface area contributed by atoms with Crippen LogP contribution in [0.5, 0.6) is 0 Å². The molecule has 0 aliphatic heterocycles. The van der Waals surface area contributed by atoms with Gasteiger partial charge in [-0.3, -0.25) is 9.59 Å². The molecule has 0 bridgehead atoms. The minimum atomic E-state index is -1.10. The molecule has 6 N–H and O–H groups in total. The van der Waals surface area contributed by atoms with Gasteiger partial charge in [0, 0.05) is 6.42 Å². The molecule has 0 aliphatic rings. The van der Waals surface area contributed by atoms with Crippen molar-refractivity contribution in [1.82, 2.24) is 5.32 Å². The van der Waals surface area contributed by atoms with Crippen LogP contribution >= 0.6 is 0 Å². The van der Waals surface area contributed by atoms with E-state index >= 15 is 0 Å². The van der Waals surface area contributed by atoms with Crippen molar-refractivity contribution in [2.24, 2.45) is 11.5 Å². The Balaban J connectivity index is 4.16. The molecule has 0 saturated heterocycles. The van der Waals surface area contributed by atoms with Crippen LogP contribution in [0.15, 0.2) is 0 Å². The summed E-state index contributed by atoms with van der Waals surface area (Å²) in [4.78, 5) is 32.4. The van der Waals surface area contributed by atoms with E-state index in [9.17, 15) is 14.4 Å². The zero-order valence-corrected chi connectivity index (χ0v) is 9.05. The van der Waals surface area contributed by atoms with Crippen molar-refractivity contribution in [3.8, 4) is 0 Å². The molecule has 0 saturated carbocycles. The lowest BCUT2D eigenvalue weighted by Gasteiger charge is -2.17. The number of nitrogens with two attached hydrogens (primary N) is 2. The molecule has 0 aromatic carbocycles. The quantitative estimate of drug-likeness (QED) is 0.363. The number of aliphatic hydroxyl groups is 1. The Kier molecular flexibility index (Phi) is 6.28. The molecule has 2 unspecified atom stereocenters. The van der Waals surface area contributed by atoms with Gasteiger partial charge in [0.15, 0.2) is 0 Å². The highest BCUT2D eigenvalue weighted by Gasteiger charge is 2.21. The molecule has 0 aromatic heterocycles. The normalized spacial score (nSPS) is 15.9. The van der Waals surface area contributed by atoms with Gasteiger partial charge < -0.3 is 26.7 Å². The van der Waals surface area contributed by atoms with E-state index in [1.807, 2.05) is 0 Å². The van der Waals surface area contributed by atoms with Crippen molar-refractivity contribution in [3.63, 3.8) is 0 Å². The highest BCUT2D eigenvalue weighted by atomic mass is 16.3. The molecule has 0 aliphatic carbocycles. The fourth-order valence-electron chi connectivity index (χ4n) is 0.970.